The second-order valence-corrected chi connectivity index (χ2v) is 9.82. The maximum Gasteiger partial charge on any atom is 0.338 e. The first-order valence-electron chi connectivity index (χ1n) is 11.9. The maximum absolute atomic E-state index is 12.7. The molecule has 37 heavy (non-hydrogen) atoms. The molecule has 1 amide bonds. The minimum Gasteiger partial charge on any atom is -0.452 e. The molecule has 5 rings (SSSR count). The van der Waals surface area contributed by atoms with Gasteiger partial charge in [0.15, 0.2) is 6.61 Å². The number of hydrogen-bond acceptors (Lipinski definition) is 6. The Morgan fingerprint density at radius 3 is 2.03 bits per heavy atom. The SMILES string of the molecule is Cc1ccc(-c2nc3ccc(C(=O)OCC(=O)NCc4cccs4)cc3nc2-c2ccc(C)cc2)cc1. The van der Waals surface area contributed by atoms with Crippen LogP contribution in [0.25, 0.3) is 33.5 Å². The van der Waals surface area contributed by atoms with Crippen LogP contribution in [0.15, 0.2) is 84.2 Å². The lowest BCUT2D eigenvalue weighted by molar-refractivity contribution is -0.124. The van der Waals surface area contributed by atoms with E-state index >= 15 is 0 Å². The van der Waals surface area contributed by atoms with Crippen molar-refractivity contribution in [3.8, 4) is 22.5 Å². The number of esters is 1. The van der Waals surface area contributed by atoms with Gasteiger partial charge in [-0.1, -0.05) is 65.7 Å². The molecule has 0 aliphatic rings. The van der Waals surface area contributed by atoms with Gasteiger partial charge in [0.1, 0.15) is 0 Å². The first-order valence-corrected chi connectivity index (χ1v) is 12.8. The molecule has 0 aliphatic heterocycles. The summed E-state index contributed by atoms with van der Waals surface area (Å²) in [7, 11) is 0. The highest BCUT2D eigenvalue weighted by atomic mass is 32.1. The van der Waals surface area contributed by atoms with E-state index in [0.29, 0.717) is 23.1 Å². The highest BCUT2D eigenvalue weighted by Gasteiger charge is 2.16. The van der Waals surface area contributed by atoms with E-state index in [4.69, 9.17) is 14.7 Å². The lowest BCUT2D eigenvalue weighted by Crippen LogP contribution is -2.28. The lowest BCUT2D eigenvalue weighted by Gasteiger charge is -2.12. The number of aromatic nitrogens is 2. The van der Waals surface area contributed by atoms with Crippen LogP contribution in [0.2, 0.25) is 0 Å². The number of nitrogens with zero attached hydrogens (tertiary/aromatic N) is 2. The number of aryl methyl sites for hydroxylation is 2. The number of ether oxygens (including phenoxy) is 1. The fourth-order valence-electron chi connectivity index (χ4n) is 3.87. The third kappa shape index (κ3) is 5.73. The molecule has 0 aliphatic carbocycles. The standard InChI is InChI=1S/C30H25N3O3S/c1-19-5-9-21(10-6-19)28-29(22-11-7-20(2)8-12-22)33-26-16-23(13-14-25(26)32-28)30(35)36-18-27(34)31-17-24-4-3-15-37-24/h3-16H,17-18H2,1-2H3,(H,31,34). The molecule has 0 atom stereocenters. The first-order chi connectivity index (χ1) is 18.0. The predicted molar refractivity (Wildman–Crippen MR) is 146 cm³/mol. The number of fused-ring (bicyclic) bond motifs is 1. The molecule has 2 heterocycles. The quantitative estimate of drug-likeness (QED) is 0.269. The van der Waals surface area contributed by atoms with Crippen molar-refractivity contribution in [3.05, 3.63) is 106 Å². The van der Waals surface area contributed by atoms with Crippen LogP contribution in [0.4, 0.5) is 0 Å². The van der Waals surface area contributed by atoms with Crippen LogP contribution in [-0.2, 0) is 16.1 Å². The largest absolute Gasteiger partial charge is 0.452 e. The number of carbonyl (C=O) groups excluding carboxylic acids is 2. The highest BCUT2D eigenvalue weighted by molar-refractivity contribution is 7.09. The summed E-state index contributed by atoms with van der Waals surface area (Å²) in [6, 6.07) is 25.2. The van der Waals surface area contributed by atoms with Crippen LogP contribution in [0.1, 0.15) is 26.4 Å². The van der Waals surface area contributed by atoms with Crippen molar-refractivity contribution in [1.82, 2.24) is 15.3 Å². The van der Waals surface area contributed by atoms with Gasteiger partial charge >= 0.3 is 5.97 Å². The molecule has 0 saturated carbocycles. The van der Waals surface area contributed by atoms with Crippen LogP contribution in [0, 0.1) is 13.8 Å². The van der Waals surface area contributed by atoms with Crippen molar-refractivity contribution in [1.29, 1.82) is 0 Å². The number of carbonyl (C=O) groups is 2. The van der Waals surface area contributed by atoms with Crippen molar-refractivity contribution >= 4 is 34.2 Å². The highest BCUT2D eigenvalue weighted by Crippen LogP contribution is 2.31. The molecule has 7 heteroatoms. The Hall–Kier alpha value is -4.36. The summed E-state index contributed by atoms with van der Waals surface area (Å²) >= 11 is 1.55. The summed E-state index contributed by atoms with van der Waals surface area (Å²) in [5.41, 5.74) is 7.27. The number of thiophene rings is 1. The zero-order chi connectivity index (χ0) is 25.8. The van der Waals surface area contributed by atoms with Crippen LogP contribution in [0.3, 0.4) is 0 Å². The summed E-state index contributed by atoms with van der Waals surface area (Å²) in [6.45, 7) is 4.14. The Kier molecular flexibility index (Phi) is 7.05. The molecular formula is C30H25N3O3S. The average molecular weight is 508 g/mol. The minimum atomic E-state index is -0.588. The molecule has 184 valence electrons. The van der Waals surface area contributed by atoms with Crippen LogP contribution < -0.4 is 5.32 Å². The summed E-state index contributed by atoms with van der Waals surface area (Å²) in [6.07, 6.45) is 0. The van der Waals surface area contributed by atoms with Crippen molar-refractivity contribution in [3.63, 3.8) is 0 Å². The van der Waals surface area contributed by atoms with Gasteiger partial charge in [0.2, 0.25) is 0 Å². The molecule has 1 N–H and O–H groups in total. The topological polar surface area (TPSA) is 81.2 Å². The van der Waals surface area contributed by atoms with Crippen LogP contribution >= 0.6 is 11.3 Å². The summed E-state index contributed by atoms with van der Waals surface area (Å²) in [5.74, 6) is -0.943. The van der Waals surface area contributed by atoms with Crippen LogP contribution in [-0.4, -0.2) is 28.5 Å². The number of amides is 1. The summed E-state index contributed by atoms with van der Waals surface area (Å²) in [4.78, 5) is 35.7. The van der Waals surface area contributed by atoms with Gasteiger partial charge < -0.3 is 10.1 Å². The lowest BCUT2D eigenvalue weighted by atomic mass is 10.0. The summed E-state index contributed by atoms with van der Waals surface area (Å²) in [5, 5.41) is 4.69. The molecule has 0 bridgehead atoms. The maximum atomic E-state index is 12.7. The van der Waals surface area contributed by atoms with E-state index in [2.05, 4.69) is 17.4 Å². The molecule has 3 aromatic carbocycles. The third-order valence-corrected chi connectivity index (χ3v) is 6.80. The number of hydrogen-bond donors (Lipinski definition) is 1. The van der Waals surface area contributed by atoms with E-state index in [1.165, 1.54) is 0 Å². The van der Waals surface area contributed by atoms with Gasteiger partial charge in [0.25, 0.3) is 5.91 Å². The molecule has 0 spiro atoms. The smallest absolute Gasteiger partial charge is 0.338 e. The van der Waals surface area contributed by atoms with Crippen molar-refractivity contribution < 1.29 is 14.3 Å². The monoisotopic (exact) mass is 507 g/mol. The van der Waals surface area contributed by atoms with E-state index in [1.54, 1.807) is 29.5 Å². The van der Waals surface area contributed by atoms with E-state index in [0.717, 1.165) is 38.5 Å². The second kappa shape index (κ2) is 10.7. The van der Waals surface area contributed by atoms with Gasteiger partial charge in [0, 0.05) is 16.0 Å². The Morgan fingerprint density at radius 2 is 1.43 bits per heavy atom. The predicted octanol–water partition coefficient (Wildman–Crippen LogP) is 6.12. The zero-order valence-corrected chi connectivity index (χ0v) is 21.3. The molecule has 0 fully saturated rings. The van der Waals surface area contributed by atoms with E-state index < -0.39 is 5.97 Å². The van der Waals surface area contributed by atoms with Crippen molar-refractivity contribution in [2.75, 3.05) is 6.61 Å². The normalized spacial score (nSPS) is 10.9. The zero-order valence-electron chi connectivity index (χ0n) is 20.5. The molecule has 6 nitrogen and oxygen atoms in total. The molecule has 0 radical (unpaired) electrons. The number of benzene rings is 3. The molecule has 2 aromatic heterocycles. The third-order valence-electron chi connectivity index (χ3n) is 5.92. The average Bonchev–Trinajstić information content (AvgIpc) is 3.44. The fourth-order valence-corrected chi connectivity index (χ4v) is 4.52. The van der Waals surface area contributed by atoms with Crippen molar-refractivity contribution in [2.24, 2.45) is 0 Å². The molecule has 5 aromatic rings. The second-order valence-electron chi connectivity index (χ2n) is 8.79. The summed E-state index contributed by atoms with van der Waals surface area (Å²) < 4.78 is 5.25. The van der Waals surface area contributed by atoms with Gasteiger partial charge in [-0.2, -0.15) is 0 Å². The van der Waals surface area contributed by atoms with E-state index in [-0.39, 0.29) is 12.5 Å². The van der Waals surface area contributed by atoms with Gasteiger partial charge in [-0.25, -0.2) is 14.8 Å². The van der Waals surface area contributed by atoms with Gasteiger partial charge in [-0.15, -0.1) is 11.3 Å². The Balaban J connectivity index is 1.41. The molecule has 0 unspecified atom stereocenters. The van der Waals surface area contributed by atoms with E-state index in [9.17, 15) is 9.59 Å². The Morgan fingerprint density at radius 1 is 0.811 bits per heavy atom. The Labute approximate surface area is 219 Å². The number of rotatable bonds is 7. The first kappa shape index (κ1) is 24.3. The fraction of sp³-hybridized carbons (Fsp3) is 0.133. The van der Waals surface area contributed by atoms with Gasteiger partial charge in [-0.05, 0) is 43.5 Å². The van der Waals surface area contributed by atoms with Crippen molar-refractivity contribution in [2.45, 2.75) is 20.4 Å². The molecule has 0 saturated heterocycles. The van der Waals surface area contributed by atoms with Gasteiger partial charge in [-0.3, -0.25) is 4.79 Å². The van der Waals surface area contributed by atoms with Gasteiger partial charge in [0.05, 0.1) is 34.5 Å². The minimum absolute atomic E-state index is 0.311. The van der Waals surface area contributed by atoms with E-state index in [1.807, 2.05) is 67.8 Å². The van der Waals surface area contributed by atoms with Crippen LogP contribution in [0.5, 0.6) is 0 Å². The number of nitrogens with one attached hydrogen (secondary N) is 1. The Bertz CT molecular complexity index is 1560. The molecular weight excluding hydrogens is 482 g/mol.